The van der Waals surface area contributed by atoms with Gasteiger partial charge in [-0.1, -0.05) is 30.3 Å². The van der Waals surface area contributed by atoms with Crippen LogP contribution in [0.2, 0.25) is 5.82 Å². The van der Waals surface area contributed by atoms with Crippen LogP contribution in [0.1, 0.15) is 46.0 Å². The maximum absolute atomic E-state index is 12.6. The molecule has 2 aromatic rings. The van der Waals surface area contributed by atoms with Crippen LogP contribution in [0.5, 0.6) is 5.75 Å². The van der Waals surface area contributed by atoms with Crippen molar-refractivity contribution in [2.45, 2.75) is 45.1 Å². The van der Waals surface area contributed by atoms with E-state index in [9.17, 15) is 14.6 Å². The molecule has 28 heavy (non-hydrogen) atoms. The molecule has 0 saturated heterocycles. The van der Waals surface area contributed by atoms with Crippen LogP contribution in [-0.2, 0) is 30.7 Å². The highest BCUT2D eigenvalue weighted by atomic mass is 16.5. The quantitative estimate of drug-likeness (QED) is 0.641. The fraction of sp³-hybridized carbons (Fsp3) is 0.364. The molecule has 4 rings (SSSR count). The highest BCUT2D eigenvalue weighted by Crippen LogP contribution is 2.36. The number of nitrogens with zero attached hydrogens (tertiary/aromatic N) is 1. The summed E-state index contributed by atoms with van der Waals surface area (Å²) in [7, 11) is 1.01. The molecule has 1 atom stereocenters. The van der Waals surface area contributed by atoms with Crippen LogP contribution in [0.15, 0.2) is 36.4 Å². The number of para-hydroxylation sites is 1. The molecule has 0 saturated carbocycles. The molecule has 0 aromatic heterocycles. The lowest BCUT2D eigenvalue weighted by Gasteiger charge is -2.28. The van der Waals surface area contributed by atoms with E-state index in [1.165, 1.54) is 18.1 Å². The summed E-state index contributed by atoms with van der Waals surface area (Å²) in [5, 5.41) is 10.4. The van der Waals surface area contributed by atoms with Gasteiger partial charge < -0.3 is 9.68 Å². The minimum Gasteiger partial charge on any atom is -0.535 e. The van der Waals surface area contributed by atoms with Gasteiger partial charge in [-0.15, -0.1) is 0 Å². The van der Waals surface area contributed by atoms with Gasteiger partial charge in [-0.25, -0.2) is 0 Å². The number of rotatable bonds is 5. The number of hydrogen-bond acceptors (Lipinski definition) is 5. The Morgan fingerprint density at radius 1 is 1.18 bits per heavy atom. The molecule has 0 amide bonds. The molecule has 144 valence electrons. The highest BCUT2D eigenvalue weighted by Gasteiger charge is 2.37. The minimum absolute atomic E-state index is 0.0881. The van der Waals surface area contributed by atoms with Crippen molar-refractivity contribution in [1.82, 2.24) is 4.90 Å². The van der Waals surface area contributed by atoms with E-state index in [0.717, 1.165) is 24.2 Å². The molecule has 2 heterocycles. The van der Waals surface area contributed by atoms with Gasteiger partial charge in [0.15, 0.2) is 5.78 Å². The molecule has 2 aliphatic rings. The minimum atomic E-state index is -1.08. The van der Waals surface area contributed by atoms with Crippen molar-refractivity contribution in [3.63, 3.8) is 0 Å². The average molecular weight is 377 g/mol. The van der Waals surface area contributed by atoms with Gasteiger partial charge in [-0.05, 0) is 48.7 Å². The molecule has 2 aliphatic heterocycles. The summed E-state index contributed by atoms with van der Waals surface area (Å²) >= 11 is 0. The molecule has 2 aromatic carbocycles. The molecule has 0 radical (unpaired) electrons. The highest BCUT2D eigenvalue weighted by molar-refractivity contribution is 6.47. The number of Topliss-reactive ketones (excluding diaryl/α,β-unsaturated/α-hetero) is 2. The smallest absolute Gasteiger partial charge is 0.526 e. The van der Waals surface area contributed by atoms with Gasteiger partial charge in [-0.3, -0.25) is 14.5 Å². The van der Waals surface area contributed by atoms with Crippen LogP contribution in [-0.4, -0.2) is 35.7 Å². The lowest BCUT2D eigenvalue weighted by atomic mass is 9.64. The summed E-state index contributed by atoms with van der Waals surface area (Å²) in [5.74, 6) is 0.141. The third kappa shape index (κ3) is 3.75. The molecule has 0 aliphatic carbocycles. The zero-order valence-electron chi connectivity index (χ0n) is 16.3. The van der Waals surface area contributed by atoms with Crippen molar-refractivity contribution in [3.8, 4) is 5.75 Å². The molecule has 0 bridgehead atoms. The van der Waals surface area contributed by atoms with E-state index in [2.05, 4.69) is 24.1 Å². The summed E-state index contributed by atoms with van der Waals surface area (Å²) in [4.78, 5) is 26.7. The Morgan fingerprint density at radius 2 is 1.96 bits per heavy atom. The second-order valence-electron chi connectivity index (χ2n) is 8.02. The van der Waals surface area contributed by atoms with Crippen molar-refractivity contribution in [1.29, 1.82) is 0 Å². The maximum atomic E-state index is 12.6. The Labute approximate surface area is 165 Å². The zero-order valence-corrected chi connectivity index (χ0v) is 16.3. The first kappa shape index (κ1) is 18.9. The van der Waals surface area contributed by atoms with E-state index >= 15 is 0 Å². The molecule has 1 N–H and O–H groups in total. The van der Waals surface area contributed by atoms with Gasteiger partial charge >= 0.3 is 7.12 Å². The van der Waals surface area contributed by atoms with E-state index in [0.29, 0.717) is 24.2 Å². The fourth-order valence-corrected chi connectivity index (χ4v) is 4.26. The second kappa shape index (κ2) is 7.53. The summed E-state index contributed by atoms with van der Waals surface area (Å²) < 4.78 is 5.64. The molecule has 0 fully saturated rings. The van der Waals surface area contributed by atoms with Crippen LogP contribution in [0, 0.1) is 0 Å². The first-order chi connectivity index (χ1) is 13.4. The van der Waals surface area contributed by atoms with E-state index < -0.39 is 7.12 Å². The van der Waals surface area contributed by atoms with Crippen molar-refractivity contribution in [2.75, 3.05) is 7.05 Å². The zero-order chi connectivity index (χ0) is 19.8. The summed E-state index contributed by atoms with van der Waals surface area (Å²) in [6.45, 7) is 3.36. The van der Waals surface area contributed by atoms with Crippen molar-refractivity contribution >= 4 is 18.7 Å². The lowest BCUT2D eigenvalue weighted by Crippen LogP contribution is -2.36. The monoisotopic (exact) mass is 377 g/mol. The second-order valence-corrected chi connectivity index (χ2v) is 8.02. The van der Waals surface area contributed by atoms with Crippen LogP contribution < -0.4 is 4.65 Å². The van der Waals surface area contributed by atoms with Crippen LogP contribution in [0.3, 0.4) is 0 Å². The normalized spacial score (nSPS) is 18.4. The number of benzene rings is 2. The van der Waals surface area contributed by atoms with E-state index in [1.807, 2.05) is 18.2 Å². The molecule has 0 unspecified atom stereocenters. The van der Waals surface area contributed by atoms with Gasteiger partial charge in [0.1, 0.15) is 11.5 Å². The predicted octanol–water partition coefficient (Wildman–Crippen LogP) is 2.82. The van der Waals surface area contributed by atoms with E-state index in [4.69, 9.17) is 4.65 Å². The molecular weight excluding hydrogens is 353 g/mol. The van der Waals surface area contributed by atoms with E-state index in [-0.39, 0.29) is 23.8 Å². The summed E-state index contributed by atoms with van der Waals surface area (Å²) in [6.07, 6.45) is 1.14. The third-order valence-electron chi connectivity index (χ3n) is 5.64. The van der Waals surface area contributed by atoms with E-state index in [1.54, 1.807) is 6.07 Å². The van der Waals surface area contributed by atoms with Gasteiger partial charge in [0, 0.05) is 31.7 Å². The number of carbonyl (C=O) groups is 2. The Morgan fingerprint density at radius 3 is 2.75 bits per heavy atom. The third-order valence-corrected chi connectivity index (χ3v) is 5.64. The van der Waals surface area contributed by atoms with Gasteiger partial charge in [-0.2, -0.15) is 0 Å². The largest absolute Gasteiger partial charge is 0.535 e. The number of carbonyl (C=O) groups excluding carboxylic acids is 2. The lowest BCUT2D eigenvalue weighted by molar-refractivity contribution is -0.118. The van der Waals surface area contributed by atoms with Gasteiger partial charge in [0.25, 0.3) is 0 Å². The average Bonchev–Trinajstić information content (AvgIpc) is 3.01. The van der Waals surface area contributed by atoms with Crippen LogP contribution >= 0.6 is 0 Å². The predicted molar refractivity (Wildman–Crippen MR) is 107 cm³/mol. The van der Waals surface area contributed by atoms with Crippen molar-refractivity contribution in [2.24, 2.45) is 0 Å². The number of fused-ring (bicyclic) bond motifs is 2. The first-order valence-corrected chi connectivity index (χ1v) is 9.69. The maximum Gasteiger partial charge on any atom is 0.526 e. The standard InChI is InChI=1S/C22H24BNO4/c1-14(25)21-5-3-4-16-10-19(23(27)28-22(16)21)11-20(26)9-15-6-7-17-12-24(2)13-18(17)8-15/h3-8,19,27H,9-13H2,1-2H3/t19-/m1/s1. The van der Waals surface area contributed by atoms with Crippen molar-refractivity contribution < 1.29 is 19.3 Å². The Kier molecular flexibility index (Phi) is 5.08. The topological polar surface area (TPSA) is 66.8 Å². The molecule has 6 heteroatoms. The Bertz CT molecular complexity index is 942. The fourth-order valence-electron chi connectivity index (χ4n) is 4.26. The molecular formula is C22H24BNO4. The summed E-state index contributed by atoms with van der Waals surface area (Å²) in [5.41, 5.74) is 4.98. The van der Waals surface area contributed by atoms with Gasteiger partial charge in [0.05, 0.1) is 5.56 Å². The van der Waals surface area contributed by atoms with Gasteiger partial charge in [0.2, 0.25) is 0 Å². The number of ketones is 2. The molecule has 5 nitrogen and oxygen atoms in total. The Hall–Kier alpha value is -2.44. The Balaban J connectivity index is 1.43. The van der Waals surface area contributed by atoms with Crippen LogP contribution in [0.25, 0.3) is 0 Å². The first-order valence-electron chi connectivity index (χ1n) is 9.69. The van der Waals surface area contributed by atoms with Crippen molar-refractivity contribution in [3.05, 3.63) is 64.2 Å². The SMILES string of the molecule is CC(=O)c1cccc2c1OB(O)[C@@H](CC(=O)Cc1ccc3c(c1)CN(C)C3)C2. The summed E-state index contributed by atoms with van der Waals surface area (Å²) in [6, 6.07) is 11.7. The molecule has 0 spiro atoms. The van der Waals surface area contributed by atoms with Crippen LogP contribution in [0.4, 0.5) is 0 Å². The number of hydrogen-bond donors (Lipinski definition) is 1.